The van der Waals surface area contributed by atoms with Crippen molar-refractivity contribution in [2.75, 3.05) is 20.6 Å². The van der Waals surface area contributed by atoms with E-state index in [1.54, 1.807) is 13.8 Å². The second-order valence-corrected chi connectivity index (χ2v) is 3.72. The molecule has 5 nitrogen and oxygen atoms in total. The van der Waals surface area contributed by atoms with Crippen LogP contribution in [0, 0.1) is 23.2 Å². The SMILES string of the molecule is CNC(=O)CN(C)C(=O)C(C#N)C(C)C. The van der Waals surface area contributed by atoms with E-state index in [1.165, 1.54) is 19.0 Å². The number of rotatable bonds is 4. The molecule has 0 aromatic rings. The molecule has 0 heterocycles. The molecule has 5 heteroatoms. The fourth-order valence-corrected chi connectivity index (χ4v) is 1.10. The lowest BCUT2D eigenvalue weighted by Crippen LogP contribution is -2.40. The Hall–Kier alpha value is -1.57. The minimum absolute atomic E-state index is 0.0137. The zero-order chi connectivity index (χ0) is 12.0. The number of carbonyl (C=O) groups is 2. The van der Waals surface area contributed by atoms with Crippen LogP contribution in [-0.2, 0) is 9.59 Å². The standard InChI is InChI=1S/C10H17N3O2/c1-7(2)8(5-11)10(15)13(4)6-9(14)12-3/h7-8H,6H2,1-4H3,(H,12,14). The molecular weight excluding hydrogens is 194 g/mol. The molecule has 1 N–H and O–H groups in total. The molecule has 0 radical (unpaired) electrons. The Labute approximate surface area is 90.0 Å². The number of amides is 2. The highest BCUT2D eigenvalue weighted by atomic mass is 16.2. The van der Waals surface area contributed by atoms with Crippen LogP contribution in [0.25, 0.3) is 0 Å². The van der Waals surface area contributed by atoms with Crippen molar-refractivity contribution >= 4 is 11.8 Å². The molecule has 0 aromatic carbocycles. The summed E-state index contributed by atoms with van der Waals surface area (Å²) in [5.41, 5.74) is 0. The van der Waals surface area contributed by atoms with Crippen LogP contribution in [0.3, 0.4) is 0 Å². The lowest BCUT2D eigenvalue weighted by molar-refractivity contribution is -0.137. The van der Waals surface area contributed by atoms with Crippen LogP contribution in [0.4, 0.5) is 0 Å². The Morgan fingerprint density at radius 3 is 2.33 bits per heavy atom. The van der Waals surface area contributed by atoms with Crippen molar-refractivity contribution in [3.8, 4) is 6.07 Å². The first-order chi connectivity index (χ1) is 6.93. The van der Waals surface area contributed by atoms with Crippen LogP contribution in [0.15, 0.2) is 0 Å². The first-order valence-corrected chi connectivity index (χ1v) is 4.79. The Morgan fingerprint density at radius 2 is 2.00 bits per heavy atom. The van der Waals surface area contributed by atoms with Gasteiger partial charge in [-0.25, -0.2) is 0 Å². The first kappa shape index (κ1) is 13.4. The van der Waals surface area contributed by atoms with Gasteiger partial charge in [0.2, 0.25) is 11.8 Å². The summed E-state index contributed by atoms with van der Waals surface area (Å²) in [7, 11) is 3.02. The summed E-state index contributed by atoms with van der Waals surface area (Å²) in [6.07, 6.45) is 0. The van der Waals surface area contributed by atoms with E-state index in [0.29, 0.717) is 0 Å². The number of nitrogens with zero attached hydrogens (tertiary/aromatic N) is 2. The number of nitriles is 1. The molecule has 0 spiro atoms. The van der Waals surface area contributed by atoms with Gasteiger partial charge in [-0.1, -0.05) is 13.8 Å². The van der Waals surface area contributed by atoms with Crippen LogP contribution >= 0.6 is 0 Å². The van der Waals surface area contributed by atoms with E-state index in [9.17, 15) is 9.59 Å². The Morgan fingerprint density at radius 1 is 1.47 bits per heavy atom. The van der Waals surface area contributed by atoms with E-state index in [4.69, 9.17) is 5.26 Å². The van der Waals surface area contributed by atoms with Gasteiger partial charge in [0.1, 0.15) is 5.92 Å². The van der Waals surface area contributed by atoms with E-state index in [2.05, 4.69) is 5.32 Å². The number of carbonyl (C=O) groups excluding carboxylic acids is 2. The van der Waals surface area contributed by atoms with Gasteiger partial charge < -0.3 is 10.2 Å². The van der Waals surface area contributed by atoms with Crippen molar-refractivity contribution in [3.05, 3.63) is 0 Å². The van der Waals surface area contributed by atoms with Crippen LogP contribution in [0.5, 0.6) is 0 Å². The van der Waals surface area contributed by atoms with E-state index in [0.717, 1.165) is 0 Å². The number of likely N-dealkylation sites (N-methyl/N-ethyl adjacent to an activating group) is 2. The van der Waals surface area contributed by atoms with Gasteiger partial charge in [-0.15, -0.1) is 0 Å². The third-order valence-electron chi connectivity index (χ3n) is 2.11. The molecule has 0 fully saturated rings. The third-order valence-corrected chi connectivity index (χ3v) is 2.11. The van der Waals surface area contributed by atoms with Crippen LogP contribution < -0.4 is 5.32 Å². The van der Waals surface area contributed by atoms with Crippen molar-refractivity contribution < 1.29 is 9.59 Å². The molecule has 84 valence electrons. The summed E-state index contributed by atoms with van der Waals surface area (Å²) >= 11 is 0. The van der Waals surface area contributed by atoms with Crippen LogP contribution in [0.1, 0.15) is 13.8 Å². The molecule has 0 saturated heterocycles. The summed E-state index contributed by atoms with van der Waals surface area (Å²) < 4.78 is 0. The molecule has 0 aliphatic carbocycles. The molecule has 2 amide bonds. The van der Waals surface area contributed by atoms with Crippen molar-refractivity contribution in [3.63, 3.8) is 0 Å². The maximum absolute atomic E-state index is 11.7. The lowest BCUT2D eigenvalue weighted by atomic mass is 9.96. The second-order valence-electron chi connectivity index (χ2n) is 3.72. The van der Waals surface area contributed by atoms with E-state index >= 15 is 0 Å². The number of hydrogen-bond donors (Lipinski definition) is 1. The van der Waals surface area contributed by atoms with Gasteiger partial charge in [0.25, 0.3) is 0 Å². The minimum Gasteiger partial charge on any atom is -0.358 e. The predicted molar refractivity (Wildman–Crippen MR) is 55.6 cm³/mol. The molecule has 0 aromatic heterocycles. The summed E-state index contributed by atoms with van der Waals surface area (Å²) in [5.74, 6) is -1.28. The highest BCUT2D eigenvalue weighted by Gasteiger charge is 2.25. The normalized spacial score (nSPS) is 11.7. The quantitative estimate of drug-likeness (QED) is 0.710. The molecule has 0 rings (SSSR count). The van der Waals surface area contributed by atoms with E-state index < -0.39 is 5.92 Å². The minimum atomic E-state index is -0.681. The molecule has 1 unspecified atom stereocenters. The molecule has 0 bridgehead atoms. The average Bonchev–Trinajstić information content (AvgIpc) is 2.17. The van der Waals surface area contributed by atoms with Gasteiger partial charge in [-0.3, -0.25) is 9.59 Å². The van der Waals surface area contributed by atoms with Crippen molar-refractivity contribution in [1.82, 2.24) is 10.2 Å². The van der Waals surface area contributed by atoms with Gasteiger partial charge in [-0.05, 0) is 5.92 Å². The zero-order valence-electron chi connectivity index (χ0n) is 9.57. The zero-order valence-corrected chi connectivity index (χ0v) is 9.57. The molecule has 1 atom stereocenters. The van der Waals surface area contributed by atoms with Gasteiger partial charge in [0, 0.05) is 14.1 Å². The van der Waals surface area contributed by atoms with E-state index in [1.807, 2.05) is 6.07 Å². The molecule has 0 aliphatic heterocycles. The third kappa shape index (κ3) is 3.98. The summed E-state index contributed by atoms with van der Waals surface area (Å²) in [6.45, 7) is 3.60. The summed E-state index contributed by atoms with van der Waals surface area (Å²) in [6, 6.07) is 1.95. The van der Waals surface area contributed by atoms with Gasteiger partial charge >= 0.3 is 0 Å². The topological polar surface area (TPSA) is 73.2 Å². The van der Waals surface area contributed by atoms with Crippen LogP contribution in [-0.4, -0.2) is 37.4 Å². The molecule has 0 saturated carbocycles. The fraction of sp³-hybridized carbons (Fsp3) is 0.700. The Kier molecular flexibility index (Phi) is 5.39. The molecular formula is C10H17N3O2. The molecule has 15 heavy (non-hydrogen) atoms. The second kappa shape index (κ2) is 6.02. The maximum Gasteiger partial charge on any atom is 0.240 e. The Balaban J connectivity index is 4.44. The maximum atomic E-state index is 11.7. The highest BCUT2D eigenvalue weighted by molar-refractivity contribution is 5.86. The first-order valence-electron chi connectivity index (χ1n) is 4.79. The number of nitrogens with one attached hydrogen (secondary N) is 1. The molecule has 0 aliphatic rings. The highest BCUT2D eigenvalue weighted by Crippen LogP contribution is 2.12. The van der Waals surface area contributed by atoms with Gasteiger partial charge in [0.15, 0.2) is 0 Å². The van der Waals surface area contributed by atoms with E-state index in [-0.39, 0.29) is 24.3 Å². The van der Waals surface area contributed by atoms with Gasteiger partial charge in [0.05, 0.1) is 12.6 Å². The Bertz CT molecular complexity index is 281. The lowest BCUT2D eigenvalue weighted by Gasteiger charge is -2.20. The van der Waals surface area contributed by atoms with Crippen LogP contribution in [0.2, 0.25) is 0 Å². The van der Waals surface area contributed by atoms with Crippen molar-refractivity contribution in [2.45, 2.75) is 13.8 Å². The summed E-state index contributed by atoms with van der Waals surface area (Å²) in [4.78, 5) is 24.0. The monoisotopic (exact) mass is 211 g/mol. The fourth-order valence-electron chi connectivity index (χ4n) is 1.10. The number of hydrogen-bond acceptors (Lipinski definition) is 3. The summed E-state index contributed by atoms with van der Waals surface area (Å²) in [5, 5.41) is 11.2. The van der Waals surface area contributed by atoms with Crippen molar-refractivity contribution in [2.24, 2.45) is 11.8 Å². The van der Waals surface area contributed by atoms with Gasteiger partial charge in [-0.2, -0.15) is 5.26 Å². The predicted octanol–water partition coefficient (Wildman–Crippen LogP) is -0.0134. The average molecular weight is 211 g/mol. The largest absolute Gasteiger partial charge is 0.358 e. The smallest absolute Gasteiger partial charge is 0.240 e. The van der Waals surface area contributed by atoms with Crippen molar-refractivity contribution in [1.29, 1.82) is 5.26 Å².